The molecule has 1 amide bonds. The number of hydrogen-bond donors (Lipinski definition) is 1. The summed E-state index contributed by atoms with van der Waals surface area (Å²) in [7, 11) is 1.68. The predicted octanol–water partition coefficient (Wildman–Crippen LogP) is 3.18. The fourth-order valence-electron chi connectivity index (χ4n) is 5.22. The third-order valence-electron chi connectivity index (χ3n) is 7.16. The third kappa shape index (κ3) is 4.67. The van der Waals surface area contributed by atoms with Gasteiger partial charge in [0, 0.05) is 44.6 Å². The van der Waals surface area contributed by atoms with Crippen LogP contribution in [0.1, 0.15) is 44.1 Å². The van der Waals surface area contributed by atoms with E-state index in [-0.39, 0.29) is 11.8 Å². The number of likely N-dealkylation sites (tertiary alicyclic amines) is 2. The molecular formula is C24H34N2O3. The summed E-state index contributed by atoms with van der Waals surface area (Å²) in [6.07, 6.45) is 10.3. The molecule has 1 aromatic rings. The fourth-order valence-corrected chi connectivity index (χ4v) is 5.22. The van der Waals surface area contributed by atoms with Gasteiger partial charge in [-0.15, -0.1) is 0 Å². The molecule has 2 unspecified atom stereocenters. The SMILES string of the molecule is COc1ccc(C=CCN2CCC3(O)CCN(C(=O)C4CCCC4)CC3C2)cc1. The van der Waals surface area contributed by atoms with E-state index >= 15 is 0 Å². The van der Waals surface area contributed by atoms with E-state index in [0.717, 1.165) is 63.2 Å². The first-order valence-corrected chi connectivity index (χ1v) is 11.1. The summed E-state index contributed by atoms with van der Waals surface area (Å²) in [6.45, 7) is 4.08. The van der Waals surface area contributed by atoms with E-state index in [1.54, 1.807) is 7.11 Å². The van der Waals surface area contributed by atoms with Gasteiger partial charge in [-0.05, 0) is 43.4 Å². The first kappa shape index (κ1) is 20.4. The van der Waals surface area contributed by atoms with Crippen LogP contribution in [0.15, 0.2) is 30.3 Å². The highest BCUT2D eigenvalue weighted by molar-refractivity contribution is 5.79. The van der Waals surface area contributed by atoms with E-state index in [0.29, 0.717) is 12.5 Å². The average Bonchev–Trinajstić information content (AvgIpc) is 3.28. The zero-order valence-electron chi connectivity index (χ0n) is 17.6. The zero-order valence-corrected chi connectivity index (χ0v) is 17.6. The molecule has 1 saturated carbocycles. The lowest BCUT2D eigenvalue weighted by molar-refractivity contribution is -0.150. The number of carbonyl (C=O) groups is 1. The molecule has 5 heteroatoms. The maximum Gasteiger partial charge on any atom is 0.225 e. The maximum atomic E-state index is 12.8. The van der Waals surface area contributed by atoms with E-state index in [1.165, 1.54) is 12.8 Å². The van der Waals surface area contributed by atoms with Crippen molar-refractivity contribution in [2.24, 2.45) is 11.8 Å². The van der Waals surface area contributed by atoms with Crippen molar-refractivity contribution >= 4 is 12.0 Å². The normalized spacial score (nSPS) is 28.6. The lowest BCUT2D eigenvalue weighted by Gasteiger charge is -2.50. The Morgan fingerprint density at radius 2 is 1.90 bits per heavy atom. The maximum absolute atomic E-state index is 12.8. The Morgan fingerprint density at radius 1 is 1.17 bits per heavy atom. The van der Waals surface area contributed by atoms with Gasteiger partial charge in [0.15, 0.2) is 0 Å². The summed E-state index contributed by atoms with van der Waals surface area (Å²) in [6, 6.07) is 8.05. The van der Waals surface area contributed by atoms with Crippen LogP contribution in [-0.4, -0.2) is 66.2 Å². The molecule has 2 saturated heterocycles. The molecule has 0 bridgehead atoms. The Balaban J connectivity index is 1.32. The summed E-state index contributed by atoms with van der Waals surface area (Å²) in [5.41, 5.74) is 0.563. The van der Waals surface area contributed by atoms with Gasteiger partial charge >= 0.3 is 0 Å². The van der Waals surface area contributed by atoms with Crippen LogP contribution >= 0.6 is 0 Å². The van der Waals surface area contributed by atoms with Crippen molar-refractivity contribution in [2.45, 2.75) is 44.1 Å². The monoisotopic (exact) mass is 398 g/mol. The van der Waals surface area contributed by atoms with Crippen LogP contribution in [0.2, 0.25) is 0 Å². The molecule has 0 aromatic heterocycles. The highest BCUT2D eigenvalue weighted by atomic mass is 16.5. The highest BCUT2D eigenvalue weighted by Crippen LogP contribution is 2.37. The van der Waals surface area contributed by atoms with Crippen molar-refractivity contribution in [1.29, 1.82) is 0 Å². The van der Waals surface area contributed by atoms with E-state index in [9.17, 15) is 9.90 Å². The lowest BCUT2D eigenvalue weighted by Crippen LogP contribution is -2.61. The first-order valence-electron chi connectivity index (χ1n) is 11.1. The van der Waals surface area contributed by atoms with Gasteiger partial charge in [0.2, 0.25) is 5.91 Å². The minimum Gasteiger partial charge on any atom is -0.497 e. The van der Waals surface area contributed by atoms with Gasteiger partial charge < -0.3 is 14.7 Å². The Morgan fingerprint density at radius 3 is 2.62 bits per heavy atom. The summed E-state index contributed by atoms with van der Waals surface area (Å²) < 4.78 is 5.20. The van der Waals surface area contributed by atoms with Gasteiger partial charge in [-0.1, -0.05) is 37.1 Å². The number of carbonyl (C=O) groups excluding carboxylic acids is 1. The van der Waals surface area contributed by atoms with Crippen molar-refractivity contribution in [2.75, 3.05) is 39.8 Å². The smallest absolute Gasteiger partial charge is 0.225 e. The van der Waals surface area contributed by atoms with Crippen molar-refractivity contribution in [1.82, 2.24) is 9.80 Å². The summed E-state index contributed by atoms with van der Waals surface area (Å²) in [5.74, 6) is 1.59. The molecule has 5 nitrogen and oxygen atoms in total. The van der Waals surface area contributed by atoms with Gasteiger partial charge in [-0.25, -0.2) is 0 Å². The second kappa shape index (κ2) is 8.88. The van der Waals surface area contributed by atoms with Crippen LogP contribution in [-0.2, 0) is 4.79 Å². The molecule has 2 heterocycles. The second-order valence-electron chi connectivity index (χ2n) is 9.00. The molecule has 0 spiro atoms. The van der Waals surface area contributed by atoms with Crippen LogP contribution in [0, 0.1) is 11.8 Å². The average molecular weight is 399 g/mol. The number of fused-ring (bicyclic) bond motifs is 1. The molecule has 1 N–H and O–H groups in total. The van der Waals surface area contributed by atoms with Gasteiger partial charge in [0.25, 0.3) is 0 Å². The predicted molar refractivity (Wildman–Crippen MR) is 115 cm³/mol. The first-order chi connectivity index (χ1) is 14.1. The number of methoxy groups -OCH3 is 1. The van der Waals surface area contributed by atoms with E-state index in [2.05, 4.69) is 29.2 Å². The minimum atomic E-state index is -0.595. The molecule has 3 aliphatic rings. The Bertz CT molecular complexity index is 726. The van der Waals surface area contributed by atoms with Crippen LogP contribution in [0.4, 0.5) is 0 Å². The number of benzene rings is 1. The molecule has 4 rings (SSSR count). The molecule has 1 aliphatic carbocycles. The highest BCUT2D eigenvalue weighted by Gasteiger charge is 2.46. The standard InChI is InChI=1S/C24H34N2O3/c1-29-22-10-8-19(9-11-22)5-4-14-25-15-12-24(28)13-16-26(18-21(24)17-25)23(27)20-6-2-3-7-20/h4-5,8-11,20-21,28H,2-3,6-7,12-18H2,1H3. The number of rotatable bonds is 5. The number of ether oxygens (including phenoxy) is 1. The van der Waals surface area contributed by atoms with Crippen LogP contribution in [0.25, 0.3) is 6.08 Å². The number of nitrogens with zero attached hydrogens (tertiary/aromatic N) is 2. The molecule has 2 aliphatic heterocycles. The van der Waals surface area contributed by atoms with Gasteiger partial charge in [0.1, 0.15) is 5.75 Å². The quantitative estimate of drug-likeness (QED) is 0.828. The Hall–Kier alpha value is -1.85. The molecule has 3 fully saturated rings. The molecule has 29 heavy (non-hydrogen) atoms. The Labute approximate surface area is 174 Å². The van der Waals surface area contributed by atoms with Gasteiger partial charge in [-0.2, -0.15) is 0 Å². The largest absolute Gasteiger partial charge is 0.497 e. The fraction of sp³-hybridized carbons (Fsp3) is 0.625. The lowest BCUT2D eigenvalue weighted by atomic mass is 9.75. The molecule has 158 valence electrons. The number of hydrogen-bond acceptors (Lipinski definition) is 4. The third-order valence-corrected chi connectivity index (χ3v) is 7.16. The second-order valence-corrected chi connectivity index (χ2v) is 9.00. The molecule has 2 atom stereocenters. The summed E-state index contributed by atoms with van der Waals surface area (Å²) in [4.78, 5) is 17.3. The van der Waals surface area contributed by atoms with Crippen LogP contribution < -0.4 is 4.74 Å². The number of amides is 1. The van der Waals surface area contributed by atoms with Crippen molar-refractivity contribution in [3.05, 3.63) is 35.9 Å². The van der Waals surface area contributed by atoms with E-state index in [4.69, 9.17) is 4.74 Å². The molecular weight excluding hydrogens is 364 g/mol. The summed E-state index contributed by atoms with van der Waals surface area (Å²) >= 11 is 0. The zero-order chi connectivity index (χ0) is 20.3. The van der Waals surface area contributed by atoms with Crippen LogP contribution in [0.5, 0.6) is 5.75 Å². The Kier molecular flexibility index (Phi) is 6.26. The topological polar surface area (TPSA) is 53.0 Å². The van der Waals surface area contributed by atoms with Crippen molar-refractivity contribution in [3.8, 4) is 5.75 Å². The van der Waals surface area contributed by atoms with Gasteiger partial charge in [-0.3, -0.25) is 9.69 Å². The minimum absolute atomic E-state index is 0.157. The molecule has 0 radical (unpaired) electrons. The number of piperidine rings is 2. The molecule has 1 aromatic carbocycles. The van der Waals surface area contributed by atoms with Gasteiger partial charge in [0.05, 0.1) is 12.7 Å². The van der Waals surface area contributed by atoms with E-state index in [1.807, 2.05) is 17.0 Å². The van der Waals surface area contributed by atoms with Crippen molar-refractivity contribution < 1.29 is 14.6 Å². The van der Waals surface area contributed by atoms with E-state index < -0.39 is 5.60 Å². The summed E-state index contributed by atoms with van der Waals surface area (Å²) in [5, 5.41) is 11.1. The number of aliphatic hydroxyl groups is 1. The van der Waals surface area contributed by atoms with Crippen LogP contribution in [0.3, 0.4) is 0 Å². The van der Waals surface area contributed by atoms with Crippen molar-refractivity contribution in [3.63, 3.8) is 0 Å².